The van der Waals surface area contributed by atoms with Gasteiger partial charge in [-0.05, 0) is 0 Å². The minimum atomic E-state index is -4.19. The normalized spacial score (nSPS) is 11.4. The van der Waals surface area contributed by atoms with E-state index < -0.39 is 26.0 Å². The van der Waals surface area contributed by atoms with E-state index in [2.05, 4.69) is 0 Å². The molecule has 0 atom stereocenters. The second-order valence-corrected chi connectivity index (χ2v) is 7.99. The van der Waals surface area contributed by atoms with Crippen molar-refractivity contribution >= 4 is 41.8 Å². The van der Waals surface area contributed by atoms with Gasteiger partial charge in [0.15, 0.2) is 0 Å². The predicted octanol–water partition coefficient (Wildman–Crippen LogP) is -6.19. The third-order valence-corrected chi connectivity index (χ3v) is 5.27. The van der Waals surface area contributed by atoms with Crippen LogP contribution in [-0.2, 0) is 20.2 Å². The molecule has 0 spiro atoms. The molecule has 0 fully saturated rings. The van der Waals surface area contributed by atoms with Gasteiger partial charge < -0.3 is 4.55 Å². The number of hydrogen-bond donors (Lipinski definition) is 1. The van der Waals surface area contributed by atoms with Crippen LogP contribution >= 0.6 is 21.6 Å². The smallest absolute Gasteiger partial charge is 0.748 e. The molecule has 0 saturated heterocycles. The van der Waals surface area contributed by atoms with Gasteiger partial charge in [-0.2, -0.15) is 8.42 Å². The molecule has 0 bridgehead atoms. The largest absolute Gasteiger partial charge is 1.00 e. The molecule has 0 aromatic carbocycles. The van der Waals surface area contributed by atoms with Crippen molar-refractivity contribution in [1.29, 1.82) is 0 Å². The monoisotopic (exact) mass is 327 g/mol. The first-order valence-electron chi connectivity index (χ1n) is 3.34. The topological polar surface area (TPSA) is 112 Å². The molecular weight excluding hydrogens is 318 g/mol. The van der Waals surface area contributed by atoms with Gasteiger partial charge in [0, 0.05) is 17.3 Å². The summed E-state index contributed by atoms with van der Waals surface area (Å²) in [6.07, 6.45) is 0. The molecule has 0 unspecified atom stereocenters. The standard InChI is InChI=1S/C4H10O6S4.2Na/c5-13(6,7)3-1-11-12-2-4-14(8,9)10;;/h1-4H2,(H,5,6,7)(H,8,9,10);;/q;2*+1/p-1. The molecule has 0 aromatic heterocycles. The van der Waals surface area contributed by atoms with E-state index in [9.17, 15) is 21.4 Å². The summed E-state index contributed by atoms with van der Waals surface area (Å²) in [5.41, 5.74) is 0. The maximum atomic E-state index is 10.2. The Labute approximate surface area is 148 Å². The molecule has 16 heavy (non-hydrogen) atoms. The third kappa shape index (κ3) is 21.8. The fourth-order valence-electron chi connectivity index (χ4n) is 0.393. The molecule has 0 aliphatic carbocycles. The molecule has 0 rings (SSSR count). The first-order valence-corrected chi connectivity index (χ1v) is 9.01. The zero-order chi connectivity index (χ0) is 11.2. The van der Waals surface area contributed by atoms with Crippen LogP contribution in [-0.4, -0.2) is 49.0 Å². The molecule has 0 aromatic rings. The fraction of sp³-hybridized carbons (Fsp3) is 1.00. The first kappa shape index (κ1) is 23.6. The molecule has 0 radical (unpaired) electrons. The Morgan fingerprint density at radius 2 is 1.31 bits per heavy atom. The Hall–Kier alpha value is 2.52. The number of rotatable bonds is 7. The zero-order valence-electron chi connectivity index (χ0n) is 8.95. The maximum Gasteiger partial charge on any atom is 1.00 e. The van der Waals surface area contributed by atoms with Gasteiger partial charge >= 0.3 is 59.1 Å². The van der Waals surface area contributed by atoms with Crippen LogP contribution in [0.3, 0.4) is 0 Å². The van der Waals surface area contributed by atoms with Gasteiger partial charge in [-0.1, -0.05) is 21.6 Å². The SMILES string of the molecule is O=S(=O)([O-])CCSSCCS(=O)(=O)O.[Na+].[Na+]. The first-order chi connectivity index (χ1) is 6.21. The quantitative estimate of drug-likeness (QED) is 0.213. The molecule has 12 heteroatoms. The summed E-state index contributed by atoms with van der Waals surface area (Å²) in [6, 6.07) is 0. The molecule has 1 N–H and O–H groups in total. The van der Waals surface area contributed by atoms with Crippen LogP contribution < -0.4 is 59.1 Å². The Balaban J connectivity index is -0.000000845. The van der Waals surface area contributed by atoms with Crippen molar-refractivity contribution in [2.45, 2.75) is 0 Å². The molecule has 0 saturated carbocycles. The van der Waals surface area contributed by atoms with E-state index in [-0.39, 0.29) is 76.4 Å². The molecule has 0 heterocycles. The van der Waals surface area contributed by atoms with Gasteiger partial charge in [0.2, 0.25) is 0 Å². The van der Waals surface area contributed by atoms with Gasteiger partial charge in [0.05, 0.1) is 15.9 Å². The van der Waals surface area contributed by atoms with Crippen molar-refractivity contribution in [2.24, 2.45) is 0 Å². The molecule has 86 valence electrons. The predicted molar refractivity (Wildman–Crippen MR) is 55.9 cm³/mol. The second-order valence-electron chi connectivity index (χ2n) is 2.19. The van der Waals surface area contributed by atoms with Crippen LogP contribution in [0.25, 0.3) is 0 Å². The van der Waals surface area contributed by atoms with Crippen molar-refractivity contribution in [3.63, 3.8) is 0 Å². The second kappa shape index (κ2) is 11.4. The van der Waals surface area contributed by atoms with E-state index in [1.54, 1.807) is 0 Å². The Morgan fingerprint density at radius 1 is 0.938 bits per heavy atom. The van der Waals surface area contributed by atoms with Crippen molar-refractivity contribution in [1.82, 2.24) is 0 Å². The van der Waals surface area contributed by atoms with Gasteiger partial charge in [-0.3, -0.25) is 4.55 Å². The molecule has 0 aliphatic heterocycles. The van der Waals surface area contributed by atoms with Gasteiger partial charge in [0.25, 0.3) is 10.1 Å². The molecular formula is C4H9Na2O6S4+. The maximum absolute atomic E-state index is 10.2. The summed E-state index contributed by atoms with van der Waals surface area (Å²) in [5, 5.41) is 0. The van der Waals surface area contributed by atoms with Crippen molar-refractivity contribution in [3.8, 4) is 0 Å². The Bertz CT molecular complexity index is 315. The zero-order valence-corrected chi connectivity index (χ0v) is 16.2. The van der Waals surface area contributed by atoms with E-state index in [1.165, 1.54) is 0 Å². The molecule has 0 aliphatic rings. The summed E-state index contributed by atoms with van der Waals surface area (Å²) in [5.74, 6) is -0.588. The summed E-state index contributed by atoms with van der Waals surface area (Å²) in [6.45, 7) is 0. The summed E-state index contributed by atoms with van der Waals surface area (Å²) in [4.78, 5) is 0. The van der Waals surface area contributed by atoms with Crippen LogP contribution in [0.5, 0.6) is 0 Å². The van der Waals surface area contributed by atoms with Crippen LogP contribution in [0, 0.1) is 0 Å². The van der Waals surface area contributed by atoms with Gasteiger partial charge in [0.1, 0.15) is 0 Å². The summed E-state index contributed by atoms with van der Waals surface area (Å²) >= 11 is 0. The average molecular weight is 327 g/mol. The van der Waals surface area contributed by atoms with E-state index in [0.717, 1.165) is 21.6 Å². The van der Waals surface area contributed by atoms with Crippen molar-refractivity contribution in [2.75, 3.05) is 23.0 Å². The van der Waals surface area contributed by atoms with Crippen LogP contribution in [0.4, 0.5) is 0 Å². The molecule has 6 nitrogen and oxygen atoms in total. The van der Waals surface area contributed by atoms with E-state index in [0.29, 0.717) is 0 Å². The Kier molecular flexibility index (Phi) is 16.7. The van der Waals surface area contributed by atoms with Gasteiger partial charge in [-0.15, -0.1) is 0 Å². The fourth-order valence-corrected chi connectivity index (χ4v) is 4.76. The van der Waals surface area contributed by atoms with Crippen LogP contribution in [0.15, 0.2) is 0 Å². The number of hydrogen-bond acceptors (Lipinski definition) is 7. The van der Waals surface area contributed by atoms with E-state index >= 15 is 0 Å². The summed E-state index contributed by atoms with van der Waals surface area (Å²) < 4.78 is 59.1. The van der Waals surface area contributed by atoms with E-state index in [1.807, 2.05) is 0 Å². The van der Waals surface area contributed by atoms with Crippen molar-refractivity contribution < 1.29 is 85.1 Å². The average Bonchev–Trinajstić information content (AvgIpc) is 1.92. The summed E-state index contributed by atoms with van der Waals surface area (Å²) in [7, 11) is -5.97. The van der Waals surface area contributed by atoms with E-state index in [4.69, 9.17) is 4.55 Å². The Morgan fingerprint density at radius 3 is 1.62 bits per heavy atom. The third-order valence-electron chi connectivity index (χ3n) is 0.925. The van der Waals surface area contributed by atoms with Crippen LogP contribution in [0.2, 0.25) is 0 Å². The molecule has 0 amide bonds. The van der Waals surface area contributed by atoms with Crippen LogP contribution in [0.1, 0.15) is 0 Å². The van der Waals surface area contributed by atoms with Gasteiger partial charge in [-0.25, -0.2) is 8.42 Å². The van der Waals surface area contributed by atoms with Crippen molar-refractivity contribution in [3.05, 3.63) is 0 Å². The minimum Gasteiger partial charge on any atom is -0.748 e. The minimum absolute atomic E-state index is 0.